The summed E-state index contributed by atoms with van der Waals surface area (Å²) < 4.78 is 7.64. The van der Waals surface area contributed by atoms with Crippen LogP contribution in [0.2, 0.25) is 0 Å². The standard InChI is InChI=1S/C11H10N4O4S/c1-2-19-8(16)4-14-10(17)6-3-7-9(12-5-20-7)15(6)11(18)13-14/h3,5H,2,4H2,1H3,(H,13,18). The molecule has 0 saturated heterocycles. The van der Waals surface area contributed by atoms with Gasteiger partial charge in [-0.25, -0.2) is 24.0 Å². The highest BCUT2D eigenvalue weighted by Crippen LogP contribution is 2.19. The molecule has 8 nitrogen and oxygen atoms in total. The van der Waals surface area contributed by atoms with Gasteiger partial charge in [0.2, 0.25) is 0 Å². The largest absolute Gasteiger partial charge is 0.465 e. The van der Waals surface area contributed by atoms with E-state index < -0.39 is 17.2 Å². The van der Waals surface area contributed by atoms with Gasteiger partial charge in [-0.1, -0.05) is 0 Å². The highest BCUT2D eigenvalue weighted by molar-refractivity contribution is 7.16. The summed E-state index contributed by atoms with van der Waals surface area (Å²) in [5.74, 6) is -0.582. The number of esters is 1. The number of ether oxygens (including phenoxy) is 1. The Morgan fingerprint density at radius 1 is 1.50 bits per heavy atom. The van der Waals surface area contributed by atoms with Crippen molar-refractivity contribution in [2.75, 3.05) is 6.61 Å². The summed E-state index contributed by atoms with van der Waals surface area (Å²) in [6.07, 6.45) is 0. The van der Waals surface area contributed by atoms with Crippen LogP contribution >= 0.6 is 11.3 Å². The summed E-state index contributed by atoms with van der Waals surface area (Å²) in [7, 11) is 0. The number of aromatic nitrogens is 4. The predicted molar refractivity (Wildman–Crippen MR) is 72.1 cm³/mol. The van der Waals surface area contributed by atoms with Crippen molar-refractivity contribution in [1.29, 1.82) is 0 Å². The van der Waals surface area contributed by atoms with Crippen LogP contribution in [-0.2, 0) is 16.1 Å². The molecule has 0 aromatic carbocycles. The molecular formula is C11H10N4O4S. The van der Waals surface area contributed by atoms with Gasteiger partial charge in [0, 0.05) is 0 Å². The van der Waals surface area contributed by atoms with Crippen molar-refractivity contribution >= 4 is 33.2 Å². The molecule has 3 rings (SSSR count). The van der Waals surface area contributed by atoms with E-state index in [-0.39, 0.29) is 18.7 Å². The Kier molecular flexibility index (Phi) is 2.90. The van der Waals surface area contributed by atoms with Gasteiger partial charge in [0.1, 0.15) is 12.1 Å². The summed E-state index contributed by atoms with van der Waals surface area (Å²) in [5, 5.41) is 2.35. The lowest BCUT2D eigenvalue weighted by molar-refractivity contribution is -0.144. The van der Waals surface area contributed by atoms with Crippen molar-refractivity contribution < 1.29 is 9.53 Å². The second kappa shape index (κ2) is 4.60. The van der Waals surface area contributed by atoms with E-state index in [2.05, 4.69) is 10.1 Å². The van der Waals surface area contributed by atoms with Crippen LogP contribution in [0.15, 0.2) is 21.2 Å². The van der Waals surface area contributed by atoms with Gasteiger partial charge in [0.15, 0.2) is 5.65 Å². The van der Waals surface area contributed by atoms with Crippen molar-refractivity contribution in [3.05, 3.63) is 32.4 Å². The van der Waals surface area contributed by atoms with Crippen molar-refractivity contribution in [1.82, 2.24) is 19.2 Å². The number of rotatable bonds is 3. The molecule has 0 aliphatic carbocycles. The number of aromatic amines is 1. The first-order valence-electron chi connectivity index (χ1n) is 5.85. The number of nitrogens with one attached hydrogen (secondary N) is 1. The van der Waals surface area contributed by atoms with Crippen molar-refractivity contribution in [2.24, 2.45) is 0 Å². The van der Waals surface area contributed by atoms with Crippen LogP contribution in [-0.4, -0.2) is 31.7 Å². The van der Waals surface area contributed by atoms with Crippen molar-refractivity contribution in [3.8, 4) is 0 Å². The maximum atomic E-state index is 12.2. The molecule has 0 aliphatic rings. The molecular weight excluding hydrogens is 284 g/mol. The summed E-state index contributed by atoms with van der Waals surface area (Å²) >= 11 is 1.33. The zero-order chi connectivity index (χ0) is 14.3. The second-order valence-corrected chi connectivity index (χ2v) is 4.90. The molecule has 3 aromatic heterocycles. The number of H-pyrrole nitrogens is 1. The van der Waals surface area contributed by atoms with Crippen LogP contribution < -0.4 is 11.2 Å². The van der Waals surface area contributed by atoms with Gasteiger partial charge in [0.25, 0.3) is 5.56 Å². The molecule has 0 fully saturated rings. The Bertz CT molecular complexity index is 916. The van der Waals surface area contributed by atoms with E-state index in [9.17, 15) is 14.4 Å². The quantitative estimate of drug-likeness (QED) is 0.684. The first kappa shape index (κ1) is 12.6. The third-order valence-corrected chi connectivity index (χ3v) is 3.55. The first-order chi connectivity index (χ1) is 9.61. The average molecular weight is 294 g/mol. The maximum Gasteiger partial charge on any atom is 0.346 e. The van der Waals surface area contributed by atoms with E-state index in [1.807, 2.05) is 0 Å². The fraction of sp³-hybridized carbons (Fsp3) is 0.273. The number of carbonyl (C=O) groups is 1. The number of nitrogens with zero attached hydrogens (tertiary/aromatic N) is 3. The molecule has 9 heteroatoms. The third kappa shape index (κ3) is 1.83. The minimum atomic E-state index is -0.582. The molecule has 3 aromatic rings. The Morgan fingerprint density at radius 3 is 3.05 bits per heavy atom. The smallest absolute Gasteiger partial charge is 0.346 e. The molecule has 0 atom stereocenters. The lowest BCUT2D eigenvalue weighted by atomic mass is 10.5. The lowest BCUT2D eigenvalue weighted by Gasteiger charge is -2.05. The molecule has 0 radical (unpaired) electrons. The molecule has 104 valence electrons. The van der Waals surface area contributed by atoms with E-state index in [1.54, 1.807) is 18.5 Å². The van der Waals surface area contributed by atoms with Crippen LogP contribution in [0.5, 0.6) is 0 Å². The zero-order valence-electron chi connectivity index (χ0n) is 10.5. The fourth-order valence-corrected chi connectivity index (χ4v) is 2.68. The Morgan fingerprint density at radius 2 is 2.30 bits per heavy atom. The maximum absolute atomic E-state index is 12.2. The van der Waals surface area contributed by atoms with Gasteiger partial charge in [-0.05, 0) is 13.0 Å². The van der Waals surface area contributed by atoms with Crippen LogP contribution in [0.25, 0.3) is 15.9 Å². The molecule has 0 spiro atoms. The molecule has 20 heavy (non-hydrogen) atoms. The Labute approximate surface area is 115 Å². The Balaban J connectivity index is 2.21. The number of thiazole rings is 1. The van der Waals surface area contributed by atoms with E-state index in [0.717, 1.165) is 9.38 Å². The van der Waals surface area contributed by atoms with Crippen LogP contribution in [0.4, 0.5) is 0 Å². The lowest BCUT2D eigenvalue weighted by Crippen LogP contribution is -2.36. The molecule has 1 N–H and O–H groups in total. The minimum Gasteiger partial charge on any atom is -0.465 e. The number of hydrogen-bond acceptors (Lipinski definition) is 6. The SMILES string of the molecule is CCOC(=O)Cn1[nH]c(=O)n2c(cc3scnc32)c1=O. The molecule has 0 amide bonds. The van der Waals surface area contributed by atoms with Gasteiger partial charge in [0.05, 0.1) is 16.8 Å². The second-order valence-electron chi connectivity index (χ2n) is 4.02. The average Bonchev–Trinajstić information content (AvgIpc) is 2.95. The third-order valence-electron chi connectivity index (χ3n) is 2.79. The predicted octanol–water partition coefficient (Wildman–Crippen LogP) is -0.0379. The van der Waals surface area contributed by atoms with E-state index in [1.165, 1.54) is 15.7 Å². The van der Waals surface area contributed by atoms with Gasteiger partial charge in [-0.15, -0.1) is 11.3 Å². The summed E-state index contributed by atoms with van der Waals surface area (Å²) in [5.41, 5.74) is 1.23. The van der Waals surface area contributed by atoms with Crippen LogP contribution in [0, 0.1) is 0 Å². The number of fused-ring (bicyclic) bond motifs is 3. The van der Waals surface area contributed by atoms with E-state index in [0.29, 0.717) is 5.65 Å². The van der Waals surface area contributed by atoms with Crippen LogP contribution in [0.1, 0.15) is 6.92 Å². The zero-order valence-corrected chi connectivity index (χ0v) is 11.3. The normalized spacial score (nSPS) is 11.2. The number of hydrogen-bond donors (Lipinski definition) is 1. The highest BCUT2D eigenvalue weighted by atomic mass is 32.1. The van der Waals surface area contributed by atoms with E-state index >= 15 is 0 Å². The summed E-state index contributed by atoms with van der Waals surface area (Å²) in [6, 6.07) is 1.59. The van der Waals surface area contributed by atoms with Gasteiger partial charge in [-0.3, -0.25) is 9.59 Å². The van der Waals surface area contributed by atoms with Gasteiger partial charge < -0.3 is 4.74 Å². The summed E-state index contributed by atoms with van der Waals surface area (Å²) in [4.78, 5) is 39.7. The molecule has 0 unspecified atom stereocenters. The fourth-order valence-electron chi connectivity index (χ4n) is 1.98. The molecule has 0 aliphatic heterocycles. The van der Waals surface area contributed by atoms with Gasteiger partial charge in [-0.2, -0.15) is 0 Å². The van der Waals surface area contributed by atoms with E-state index in [4.69, 9.17) is 4.74 Å². The number of carbonyl (C=O) groups excluding carboxylic acids is 1. The molecule has 0 bridgehead atoms. The molecule has 0 saturated carbocycles. The Hall–Kier alpha value is -2.42. The van der Waals surface area contributed by atoms with Crippen molar-refractivity contribution in [3.63, 3.8) is 0 Å². The van der Waals surface area contributed by atoms with Crippen molar-refractivity contribution in [2.45, 2.75) is 13.5 Å². The molecule has 3 heterocycles. The topological polar surface area (TPSA) is 98.5 Å². The monoisotopic (exact) mass is 294 g/mol. The summed E-state index contributed by atoms with van der Waals surface area (Å²) in [6.45, 7) is 1.55. The minimum absolute atomic E-state index is 0.187. The first-order valence-corrected chi connectivity index (χ1v) is 6.73. The highest BCUT2D eigenvalue weighted by Gasteiger charge is 2.15. The van der Waals surface area contributed by atoms with Gasteiger partial charge >= 0.3 is 11.7 Å². The van der Waals surface area contributed by atoms with Crippen LogP contribution in [0.3, 0.4) is 0 Å².